The second kappa shape index (κ2) is 10.3. The molecule has 2 aromatic carbocycles. The molecule has 0 fully saturated rings. The quantitative estimate of drug-likeness (QED) is 0.290. The van der Waals surface area contributed by atoms with Crippen LogP contribution in [0.5, 0.6) is 5.75 Å². The van der Waals surface area contributed by atoms with Gasteiger partial charge in [0.2, 0.25) is 5.91 Å². The van der Waals surface area contributed by atoms with E-state index in [4.69, 9.17) is 16.3 Å². The van der Waals surface area contributed by atoms with E-state index in [1.54, 1.807) is 28.7 Å². The molecule has 3 aromatic heterocycles. The molecule has 0 spiro atoms. The Balaban J connectivity index is 1.38. The van der Waals surface area contributed by atoms with Gasteiger partial charge < -0.3 is 10.1 Å². The molecule has 0 saturated heterocycles. The summed E-state index contributed by atoms with van der Waals surface area (Å²) in [5.41, 5.74) is 6.17. The molecule has 0 radical (unpaired) electrons. The van der Waals surface area contributed by atoms with Gasteiger partial charge in [-0.15, -0.1) is 0 Å². The maximum Gasteiger partial charge on any atom is 0.246 e. The van der Waals surface area contributed by atoms with Crippen LogP contribution in [0.15, 0.2) is 54.7 Å². The average molecular weight is 533 g/mol. The summed E-state index contributed by atoms with van der Waals surface area (Å²) >= 11 is 6.19. The number of hydrogen-bond donors (Lipinski definition) is 1. The van der Waals surface area contributed by atoms with Crippen LogP contribution in [0, 0.1) is 26.6 Å². The number of carbonyl (C=O) groups excluding carboxylic acids is 1. The van der Waals surface area contributed by atoms with Crippen LogP contribution in [0.2, 0.25) is 5.02 Å². The molecule has 0 saturated carbocycles. The second-order valence-electron chi connectivity index (χ2n) is 9.02. The molecule has 5 aromatic rings. The van der Waals surface area contributed by atoms with Crippen molar-refractivity contribution in [2.24, 2.45) is 0 Å². The Hall–Kier alpha value is -4.24. The predicted molar refractivity (Wildman–Crippen MR) is 145 cm³/mol. The molecule has 1 amide bonds. The van der Waals surface area contributed by atoms with Gasteiger partial charge in [-0.2, -0.15) is 10.2 Å². The van der Waals surface area contributed by atoms with E-state index in [1.165, 1.54) is 12.1 Å². The SMILES string of the molecule is COc1ccc(-c2ccnc3c2c(C)nn3CC(=O)Nc2c(C)nn(Cc3ccc(F)cc3Cl)c2C)cc1. The molecule has 0 atom stereocenters. The number of nitrogens with zero attached hydrogens (tertiary/aromatic N) is 5. The highest BCUT2D eigenvalue weighted by molar-refractivity contribution is 6.31. The lowest BCUT2D eigenvalue weighted by Crippen LogP contribution is -2.20. The molecular formula is C28H26ClFN6O2. The summed E-state index contributed by atoms with van der Waals surface area (Å²) in [5.74, 6) is 0.126. The number of rotatable bonds is 7. The minimum absolute atomic E-state index is 0.0166. The Kier molecular flexibility index (Phi) is 6.86. The molecule has 10 heteroatoms. The van der Waals surface area contributed by atoms with Crippen molar-refractivity contribution in [1.29, 1.82) is 0 Å². The van der Waals surface area contributed by atoms with Crippen molar-refractivity contribution in [3.63, 3.8) is 0 Å². The van der Waals surface area contributed by atoms with E-state index in [2.05, 4.69) is 20.5 Å². The van der Waals surface area contributed by atoms with Gasteiger partial charge in [-0.1, -0.05) is 29.8 Å². The van der Waals surface area contributed by atoms with Gasteiger partial charge in [0.15, 0.2) is 5.65 Å². The molecule has 0 aliphatic heterocycles. The summed E-state index contributed by atoms with van der Waals surface area (Å²) in [6.45, 7) is 5.93. The van der Waals surface area contributed by atoms with Crippen LogP contribution in [0.25, 0.3) is 22.2 Å². The number of benzene rings is 2. The second-order valence-corrected chi connectivity index (χ2v) is 9.42. The zero-order valence-electron chi connectivity index (χ0n) is 21.4. The number of hydrogen-bond acceptors (Lipinski definition) is 5. The smallest absolute Gasteiger partial charge is 0.246 e. The maximum absolute atomic E-state index is 13.4. The first-order valence-electron chi connectivity index (χ1n) is 12.0. The minimum atomic E-state index is -0.396. The third kappa shape index (κ3) is 4.84. The van der Waals surface area contributed by atoms with Crippen LogP contribution in [-0.2, 0) is 17.9 Å². The number of ether oxygens (including phenoxy) is 1. The van der Waals surface area contributed by atoms with Gasteiger partial charge in [0, 0.05) is 16.6 Å². The summed E-state index contributed by atoms with van der Waals surface area (Å²) in [4.78, 5) is 17.6. The number of aryl methyl sites for hydroxylation is 2. The standard InChI is InChI=1S/C28H26ClFN6O2/c1-16-26-23(19-6-9-22(38-4)10-7-19)11-12-31-28(26)36(33-16)15-25(37)32-27-17(2)34-35(18(27)3)14-20-5-8-21(30)13-24(20)29/h5-13H,14-15H2,1-4H3,(H,32,37). The van der Waals surface area contributed by atoms with Crippen LogP contribution in [0.4, 0.5) is 10.1 Å². The summed E-state index contributed by atoms with van der Waals surface area (Å²) in [6.07, 6.45) is 1.72. The highest BCUT2D eigenvalue weighted by atomic mass is 35.5. The van der Waals surface area contributed by atoms with Crippen molar-refractivity contribution in [2.45, 2.75) is 33.9 Å². The molecule has 194 valence electrons. The van der Waals surface area contributed by atoms with Crippen molar-refractivity contribution in [3.8, 4) is 16.9 Å². The van der Waals surface area contributed by atoms with Gasteiger partial charge >= 0.3 is 0 Å². The van der Waals surface area contributed by atoms with E-state index < -0.39 is 5.82 Å². The molecule has 0 aliphatic carbocycles. The van der Waals surface area contributed by atoms with E-state index in [0.717, 1.165) is 39.2 Å². The molecular weight excluding hydrogens is 507 g/mol. The third-order valence-corrected chi connectivity index (χ3v) is 6.84. The number of fused-ring (bicyclic) bond motifs is 1. The van der Waals surface area contributed by atoms with E-state index >= 15 is 0 Å². The Morgan fingerprint density at radius 3 is 2.47 bits per heavy atom. The van der Waals surface area contributed by atoms with E-state index in [0.29, 0.717) is 28.6 Å². The lowest BCUT2D eigenvalue weighted by Gasteiger charge is -2.09. The number of carbonyl (C=O) groups is 1. The zero-order chi connectivity index (χ0) is 27.0. The normalized spacial score (nSPS) is 11.2. The number of pyridine rings is 1. The summed E-state index contributed by atoms with van der Waals surface area (Å²) in [6, 6.07) is 14.0. The predicted octanol–water partition coefficient (Wildman–Crippen LogP) is 5.71. The van der Waals surface area contributed by atoms with E-state index in [-0.39, 0.29) is 12.5 Å². The van der Waals surface area contributed by atoms with E-state index in [1.807, 2.05) is 51.1 Å². The van der Waals surface area contributed by atoms with Crippen molar-refractivity contribution >= 4 is 34.2 Å². The van der Waals surface area contributed by atoms with Crippen LogP contribution in [0.1, 0.15) is 22.6 Å². The first kappa shape index (κ1) is 25.4. The molecule has 0 unspecified atom stereocenters. The van der Waals surface area contributed by atoms with Gasteiger partial charge in [-0.05, 0) is 67.8 Å². The lowest BCUT2D eigenvalue weighted by atomic mass is 10.0. The maximum atomic E-state index is 13.4. The Morgan fingerprint density at radius 1 is 1.03 bits per heavy atom. The first-order valence-corrected chi connectivity index (χ1v) is 12.4. The van der Waals surface area contributed by atoms with Crippen LogP contribution in [0.3, 0.4) is 0 Å². The first-order chi connectivity index (χ1) is 18.2. The molecule has 5 rings (SSSR count). The number of aromatic nitrogens is 5. The lowest BCUT2D eigenvalue weighted by molar-refractivity contribution is -0.116. The number of anilines is 1. The Morgan fingerprint density at radius 2 is 1.76 bits per heavy atom. The fourth-order valence-corrected chi connectivity index (χ4v) is 4.79. The van der Waals surface area contributed by atoms with Crippen LogP contribution >= 0.6 is 11.6 Å². The third-order valence-electron chi connectivity index (χ3n) is 6.48. The topological polar surface area (TPSA) is 86.9 Å². The number of methoxy groups -OCH3 is 1. The molecule has 38 heavy (non-hydrogen) atoms. The van der Waals surface area contributed by atoms with E-state index in [9.17, 15) is 9.18 Å². The number of amides is 1. The van der Waals surface area contributed by atoms with Crippen molar-refractivity contribution in [3.05, 3.63) is 88.2 Å². The largest absolute Gasteiger partial charge is 0.497 e. The zero-order valence-corrected chi connectivity index (χ0v) is 22.2. The van der Waals surface area contributed by atoms with Crippen LogP contribution in [-0.4, -0.2) is 37.6 Å². The molecule has 0 aliphatic rings. The molecule has 1 N–H and O–H groups in total. The Bertz CT molecular complexity index is 1660. The van der Waals surface area contributed by atoms with Gasteiger partial charge in [0.1, 0.15) is 18.1 Å². The van der Waals surface area contributed by atoms with Gasteiger partial charge in [-0.25, -0.2) is 14.1 Å². The fourth-order valence-electron chi connectivity index (χ4n) is 4.56. The monoisotopic (exact) mass is 532 g/mol. The van der Waals surface area contributed by atoms with Gasteiger partial charge in [-0.3, -0.25) is 9.48 Å². The van der Waals surface area contributed by atoms with Gasteiger partial charge in [0.25, 0.3) is 0 Å². The number of halogens is 2. The summed E-state index contributed by atoms with van der Waals surface area (Å²) in [7, 11) is 1.63. The summed E-state index contributed by atoms with van der Waals surface area (Å²) in [5, 5.41) is 13.4. The minimum Gasteiger partial charge on any atom is -0.497 e. The van der Waals surface area contributed by atoms with Gasteiger partial charge in [0.05, 0.1) is 36.4 Å². The molecule has 0 bridgehead atoms. The highest BCUT2D eigenvalue weighted by Crippen LogP contribution is 2.31. The van der Waals surface area contributed by atoms with Crippen molar-refractivity contribution in [1.82, 2.24) is 24.5 Å². The number of nitrogens with one attached hydrogen (secondary N) is 1. The molecule has 8 nitrogen and oxygen atoms in total. The average Bonchev–Trinajstić information content (AvgIpc) is 3.36. The summed E-state index contributed by atoms with van der Waals surface area (Å²) < 4.78 is 22.0. The molecule has 3 heterocycles. The van der Waals surface area contributed by atoms with Crippen molar-refractivity contribution < 1.29 is 13.9 Å². The fraction of sp³-hybridized carbons (Fsp3) is 0.214. The van der Waals surface area contributed by atoms with Crippen LogP contribution < -0.4 is 10.1 Å². The van der Waals surface area contributed by atoms with Crippen molar-refractivity contribution in [2.75, 3.05) is 12.4 Å². The Labute approximate surface area is 224 Å². The highest BCUT2D eigenvalue weighted by Gasteiger charge is 2.19.